The lowest BCUT2D eigenvalue weighted by Gasteiger charge is -2.27. The molecule has 0 radical (unpaired) electrons. The predicted molar refractivity (Wildman–Crippen MR) is 113 cm³/mol. The van der Waals surface area contributed by atoms with Crippen LogP contribution in [0.25, 0.3) is 23.1 Å². The van der Waals surface area contributed by atoms with E-state index in [2.05, 4.69) is 10.3 Å². The van der Waals surface area contributed by atoms with E-state index < -0.39 is 0 Å². The number of pyridine rings is 1. The summed E-state index contributed by atoms with van der Waals surface area (Å²) in [5.74, 6) is 2.31. The van der Waals surface area contributed by atoms with E-state index in [1.54, 1.807) is 19.5 Å². The lowest BCUT2D eigenvalue weighted by molar-refractivity contribution is 0.410. The maximum Gasteiger partial charge on any atom is 0.154 e. The zero-order chi connectivity index (χ0) is 19.3. The van der Waals surface area contributed by atoms with Gasteiger partial charge in [0.05, 0.1) is 12.6 Å². The van der Waals surface area contributed by atoms with Gasteiger partial charge in [-0.3, -0.25) is 4.98 Å². The van der Waals surface area contributed by atoms with Gasteiger partial charge in [0.2, 0.25) is 0 Å². The van der Waals surface area contributed by atoms with Crippen molar-refractivity contribution in [2.75, 3.05) is 12.4 Å². The maximum absolute atomic E-state index is 6.05. The Morgan fingerprint density at radius 3 is 2.57 bits per heavy atom. The first kappa shape index (κ1) is 18.4. The summed E-state index contributed by atoms with van der Waals surface area (Å²) in [5.41, 5.74) is 8.00. The first-order chi connectivity index (χ1) is 13.7. The Morgan fingerprint density at radius 1 is 1.04 bits per heavy atom. The average Bonchev–Trinajstić information content (AvgIpc) is 2.74. The molecule has 3 N–H and O–H groups in total. The second kappa shape index (κ2) is 8.35. The quantitative estimate of drug-likeness (QED) is 0.704. The number of nitrogens with zero attached hydrogens (tertiary/aromatic N) is 3. The number of nitrogens with two attached hydrogens (primary N) is 1. The number of ether oxygens (including phenoxy) is 1. The van der Waals surface area contributed by atoms with Crippen molar-refractivity contribution in [2.45, 2.75) is 37.8 Å². The van der Waals surface area contributed by atoms with E-state index in [0.29, 0.717) is 17.9 Å². The molecule has 0 bridgehead atoms. The van der Waals surface area contributed by atoms with Crippen LogP contribution in [0.3, 0.4) is 0 Å². The zero-order valence-electron chi connectivity index (χ0n) is 16.0. The van der Waals surface area contributed by atoms with Crippen molar-refractivity contribution in [3.63, 3.8) is 0 Å². The molecule has 0 amide bonds. The first-order valence-electron chi connectivity index (χ1n) is 9.67. The third-order valence-corrected chi connectivity index (χ3v) is 5.16. The van der Waals surface area contributed by atoms with Crippen LogP contribution in [0.4, 0.5) is 5.82 Å². The van der Waals surface area contributed by atoms with Gasteiger partial charge in [-0.1, -0.05) is 6.08 Å². The molecule has 1 aromatic carbocycles. The molecule has 28 heavy (non-hydrogen) atoms. The van der Waals surface area contributed by atoms with Crippen molar-refractivity contribution in [2.24, 2.45) is 5.73 Å². The maximum atomic E-state index is 6.05. The van der Waals surface area contributed by atoms with Gasteiger partial charge in [0.15, 0.2) is 5.82 Å². The third kappa shape index (κ3) is 4.28. The van der Waals surface area contributed by atoms with Crippen LogP contribution in [-0.4, -0.2) is 34.1 Å². The molecule has 1 aliphatic rings. The zero-order valence-corrected chi connectivity index (χ0v) is 16.0. The van der Waals surface area contributed by atoms with Crippen LogP contribution in [-0.2, 0) is 0 Å². The molecule has 0 spiro atoms. The molecule has 2 heterocycles. The molecule has 1 fully saturated rings. The number of hydrogen-bond acceptors (Lipinski definition) is 6. The third-order valence-electron chi connectivity index (χ3n) is 5.16. The molecule has 4 rings (SSSR count). The summed E-state index contributed by atoms with van der Waals surface area (Å²) in [4.78, 5) is 13.5. The molecular weight excluding hydrogens is 350 g/mol. The summed E-state index contributed by atoms with van der Waals surface area (Å²) in [7, 11) is 1.67. The Morgan fingerprint density at radius 2 is 1.82 bits per heavy atom. The van der Waals surface area contributed by atoms with Gasteiger partial charge in [-0.25, -0.2) is 9.97 Å². The van der Waals surface area contributed by atoms with E-state index in [1.165, 1.54) is 0 Å². The number of methoxy groups -OCH3 is 1. The number of benzene rings is 1. The van der Waals surface area contributed by atoms with Crippen molar-refractivity contribution < 1.29 is 4.74 Å². The normalized spacial score (nSPS) is 19.8. The van der Waals surface area contributed by atoms with Crippen LogP contribution < -0.4 is 15.8 Å². The van der Waals surface area contributed by atoms with Gasteiger partial charge >= 0.3 is 0 Å². The predicted octanol–water partition coefficient (Wildman–Crippen LogP) is 3.89. The van der Waals surface area contributed by atoms with Gasteiger partial charge < -0.3 is 15.8 Å². The second-order valence-electron chi connectivity index (χ2n) is 7.18. The second-order valence-corrected chi connectivity index (χ2v) is 7.18. The molecule has 144 valence electrons. The number of rotatable bonds is 5. The molecule has 0 atom stereocenters. The highest BCUT2D eigenvalue weighted by Gasteiger charge is 2.20. The van der Waals surface area contributed by atoms with E-state index >= 15 is 0 Å². The molecule has 0 saturated heterocycles. The molecule has 6 heteroatoms. The summed E-state index contributed by atoms with van der Waals surface area (Å²) < 4.78 is 5.40. The smallest absolute Gasteiger partial charge is 0.154 e. The van der Waals surface area contributed by atoms with Crippen molar-refractivity contribution >= 4 is 28.9 Å². The minimum Gasteiger partial charge on any atom is -0.497 e. The number of anilines is 1. The summed E-state index contributed by atoms with van der Waals surface area (Å²) >= 11 is 0. The lowest BCUT2D eigenvalue weighted by atomic mass is 9.92. The van der Waals surface area contributed by atoms with Gasteiger partial charge in [-0.15, -0.1) is 0 Å². The lowest BCUT2D eigenvalue weighted by Crippen LogP contribution is -2.33. The van der Waals surface area contributed by atoms with E-state index in [9.17, 15) is 0 Å². The Labute approximate surface area is 164 Å². The molecule has 0 aliphatic heterocycles. The highest BCUT2D eigenvalue weighted by Crippen LogP contribution is 2.28. The monoisotopic (exact) mass is 375 g/mol. The van der Waals surface area contributed by atoms with Gasteiger partial charge in [0, 0.05) is 29.9 Å². The number of hydrogen-bond donors (Lipinski definition) is 2. The number of aromatic nitrogens is 3. The summed E-state index contributed by atoms with van der Waals surface area (Å²) in [6, 6.07) is 10.5. The molecule has 1 saturated carbocycles. The largest absolute Gasteiger partial charge is 0.497 e. The fourth-order valence-corrected chi connectivity index (χ4v) is 3.54. The molecule has 1 aliphatic carbocycles. The topological polar surface area (TPSA) is 86.0 Å². The minimum absolute atomic E-state index is 0.319. The molecular formula is C22H25N5O. The summed E-state index contributed by atoms with van der Waals surface area (Å²) in [6.07, 6.45) is 11.7. The standard InChI is InChI=1S/C22H25N5O/c1-28-18-7-8-20-19(14-18)22(25-17-5-3-16(23)4-6-17)27-21(26-20)9-2-15-10-12-24-13-11-15/h2,7-14,16-17H,3-6,23H2,1H3,(H,25,26,27). The molecule has 2 aromatic heterocycles. The van der Waals surface area contributed by atoms with Crippen LogP contribution in [0.2, 0.25) is 0 Å². The van der Waals surface area contributed by atoms with Crippen LogP contribution in [0.1, 0.15) is 37.1 Å². The van der Waals surface area contributed by atoms with Gasteiger partial charge in [-0.05, 0) is 67.7 Å². The summed E-state index contributed by atoms with van der Waals surface area (Å²) in [5, 5.41) is 4.60. The highest BCUT2D eigenvalue weighted by atomic mass is 16.5. The van der Waals surface area contributed by atoms with Gasteiger partial charge in [0.25, 0.3) is 0 Å². The van der Waals surface area contributed by atoms with Crippen molar-refractivity contribution in [3.8, 4) is 5.75 Å². The van der Waals surface area contributed by atoms with Crippen LogP contribution in [0, 0.1) is 0 Å². The first-order valence-corrected chi connectivity index (χ1v) is 9.67. The fraction of sp³-hybridized carbons (Fsp3) is 0.318. The Hall–Kier alpha value is -2.99. The highest BCUT2D eigenvalue weighted by molar-refractivity contribution is 5.91. The Bertz CT molecular complexity index is 965. The van der Waals surface area contributed by atoms with Gasteiger partial charge in [-0.2, -0.15) is 0 Å². The fourth-order valence-electron chi connectivity index (χ4n) is 3.54. The van der Waals surface area contributed by atoms with Crippen LogP contribution in [0.5, 0.6) is 5.75 Å². The van der Waals surface area contributed by atoms with Crippen LogP contribution in [0.15, 0.2) is 42.7 Å². The van der Waals surface area contributed by atoms with Crippen molar-refractivity contribution in [1.82, 2.24) is 15.0 Å². The van der Waals surface area contributed by atoms with Crippen molar-refractivity contribution in [3.05, 3.63) is 54.1 Å². The minimum atomic E-state index is 0.319. The van der Waals surface area contributed by atoms with Crippen LogP contribution >= 0.6 is 0 Å². The Balaban J connectivity index is 1.68. The van der Waals surface area contributed by atoms with E-state index in [4.69, 9.17) is 20.4 Å². The van der Waals surface area contributed by atoms with Crippen molar-refractivity contribution in [1.29, 1.82) is 0 Å². The molecule has 3 aromatic rings. The van der Waals surface area contributed by atoms with Gasteiger partial charge in [0.1, 0.15) is 11.6 Å². The number of fused-ring (bicyclic) bond motifs is 1. The average molecular weight is 375 g/mol. The van der Waals surface area contributed by atoms with E-state index in [1.807, 2.05) is 42.5 Å². The number of nitrogens with one attached hydrogen (secondary N) is 1. The van der Waals surface area contributed by atoms with E-state index in [-0.39, 0.29) is 0 Å². The SMILES string of the molecule is COc1ccc2nc(C=Cc3ccncc3)nc(NC3CCC(N)CC3)c2c1. The molecule has 0 unspecified atom stereocenters. The Kier molecular flexibility index (Phi) is 5.48. The van der Waals surface area contributed by atoms with E-state index in [0.717, 1.165) is 53.7 Å². The summed E-state index contributed by atoms with van der Waals surface area (Å²) in [6.45, 7) is 0. The molecule has 6 nitrogen and oxygen atoms in total.